The quantitative estimate of drug-likeness (QED) is 0.205. The summed E-state index contributed by atoms with van der Waals surface area (Å²) >= 11 is 0. The van der Waals surface area contributed by atoms with Crippen LogP contribution in [0.15, 0.2) is 79.7 Å². The summed E-state index contributed by atoms with van der Waals surface area (Å²) < 4.78 is 0. The van der Waals surface area contributed by atoms with E-state index < -0.39 is 0 Å². The van der Waals surface area contributed by atoms with E-state index in [1.165, 1.54) is 54.4 Å². The smallest absolute Gasteiger partial charge is 0.134 e. The van der Waals surface area contributed by atoms with Crippen LogP contribution in [-0.2, 0) is 12.8 Å². The minimum atomic E-state index is 0.677. The highest BCUT2D eigenvalue weighted by atomic mass is 15.1. The van der Waals surface area contributed by atoms with Gasteiger partial charge in [0.1, 0.15) is 11.2 Å². The van der Waals surface area contributed by atoms with Gasteiger partial charge in [0.05, 0.1) is 28.8 Å². The predicted molar refractivity (Wildman–Crippen MR) is 175 cm³/mol. The fourth-order valence-corrected chi connectivity index (χ4v) is 6.22. The zero-order chi connectivity index (χ0) is 29.1. The molecule has 6 nitrogen and oxygen atoms in total. The Bertz CT molecular complexity index is 1700. The Kier molecular flexibility index (Phi) is 8.15. The summed E-state index contributed by atoms with van der Waals surface area (Å²) in [4.78, 5) is 12.1. The number of piperidine rings is 1. The second-order valence-electron chi connectivity index (χ2n) is 11.5. The molecule has 2 aliphatic rings. The summed E-state index contributed by atoms with van der Waals surface area (Å²) in [6.07, 6.45) is 17.6. The van der Waals surface area contributed by atoms with Gasteiger partial charge in [-0.15, -0.1) is 0 Å². The van der Waals surface area contributed by atoms with Gasteiger partial charge in [0.15, 0.2) is 0 Å². The number of anilines is 1. The molecular formula is C36H40N6. The number of nitrogens with one attached hydrogen (secondary N) is 2. The molecule has 3 aromatic heterocycles. The number of aromatic nitrogens is 4. The summed E-state index contributed by atoms with van der Waals surface area (Å²) in [6, 6.07) is 10.9. The van der Waals surface area contributed by atoms with Crippen molar-refractivity contribution in [3.8, 4) is 11.1 Å². The highest BCUT2D eigenvalue weighted by Gasteiger charge is 2.17. The average molecular weight is 557 g/mol. The molecule has 214 valence electrons. The van der Waals surface area contributed by atoms with Crippen LogP contribution < -0.4 is 5.32 Å². The summed E-state index contributed by atoms with van der Waals surface area (Å²) in [7, 11) is 0. The van der Waals surface area contributed by atoms with Gasteiger partial charge in [-0.2, -0.15) is 5.10 Å². The molecule has 0 spiro atoms. The average Bonchev–Trinajstić information content (AvgIpc) is 3.67. The van der Waals surface area contributed by atoms with Gasteiger partial charge in [0, 0.05) is 18.3 Å². The number of fused-ring (bicyclic) bond motifs is 2. The van der Waals surface area contributed by atoms with Gasteiger partial charge >= 0.3 is 0 Å². The third-order valence-corrected chi connectivity index (χ3v) is 8.67. The second-order valence-corrected chi connectivity index (χ2v) is 11.5. The molecule has 6 rings (SSSR count). The van der Waals surface area contributed by atoms with Crippen molar-refractivity contribution in [1.29, 1.82) is 0 Å². The second kappa shape index (κ2) is 12.3. The number of allylic oxidation sites excluding steroid dienone is 3. The zero-order valence-corrected chi connectivity index (χ0v) is 24.8. The van der Waals surface area contributed by atoms with Gasteiger partial charge in [-0.05, 0) is 111 Å². The molecule has 2 N–H and O–H groups in total. The molecular weight excluding hydrogens is 516 g/mol. The van der Waals surface area contributed by atoms with Gasteiger partial charge in [0.2, 0.25) is 0 Å². The molecule has 6 heteroatoms. The minimum Gasteiger partial charge on any atom is -0.353 e. The van der Waals surface area contributed by atoms with E-state index in [1.54, 1.807) is 0 Å². The molecule has 0 amide bonds. The van der Waals surface area contributed by atoms with E-state index in [0.717, 1.165) is 65.2 Å². The van der Waals surface area contributed by atoms with Crippen molar-refractivity contribution in [3.63, 3.8) is 0 Å². The van der Waals surface area contributed by atoms with E-state index in [-0.39, 0.29) is 0 Å². The van der Waals surface area contributed by atoms with Crippen molar-refractivity contribution in [2.24, 2.45) is 0 Å². The van der Waals surface area contributed by atoms with Gasteiger partial charge in [0.25, 0.3) is 0 Å². The number of benzene rings is 1. The summed E-state index contributed by atoms with van der Waals surface area (Å²) in [6.45, 7) is 15.8. The Morgan fingerprint density at radius 1 is 1.05 bits per heavy atom. The third-order valence-electron chi connectivity index (χ3n) is 8.67. The molecule has 0 atom stereocenters. The molecule has 42 heavy (non-hydrogen) atoms. The number of pyridine rings is 2. The SMILES string of the molecule is C=C/C(=C\C(=C/C)c1ccc2[nH]nc(C(=C)Nc3cncc(-c4ccc5c(c4)CCC5)c3C)c2n1)CN1CCCCC1. The van der Waals surface area contributed by atoms with Crippen LogP contribution in [0.4, 0.5) is 5.69 Å². The Balaban J connectivity index is 1.25. The van der Waals surface area contributed by atoms with Crippen molar-refractivity contribution in [1.82, 2.24) is 25.1 Å². The van der Waals surface area contributed by atoms with Crippen LogP contribution in [0.2, 0.25) is 0 Å². The lowest BCUT2D eigenvalue weighted by atomic mass is 9.98. The van der Waals surface area contributed by atoms with E-state index in [2.05, 4.69) is 82.8 Å². The predicted octanol–water partition coefficient (Wildman–Crippen LogP) is 7.90. The first-order valence-corrected chi connectivity index (χ1v) is 15.1. The Labute approximate surface area is 249 Å². The van der Waals surface area contributed by atoms with E-state index in [0.29, 0.717) is 11.4 Å². The maximum Gasteiger partial charge on any atom is 0.134 e. The van der Waals surface area contributed by atoms with Crippen LogP contribution >= 0.6 is 0 Å². The highest BCUT2D eigenvalue weighted by Crippen LogP contribution is 2.33. The monoisotopic (exact) mass is 556 g/mol. The molecule has 1 fully saturated rings. The first kappa shape index (κ1) is 27.9. The van der Waals surface area contributed by atoms with Crippen LogP contribution in [0, 0.1) is 6.92 Å². The van der Waals surface area contributed by atoms with Gasteiger partial charge in [-0.3, -0.25) is 15.0 Å². The lowest BCUT2D eigenvalue weighted by molar-refractivity contribution is 0.248. The Morgan fingerprint density at radius 2 is 1.88 bits per heavy atom. The standard InChI is InChI=1S/C36H40N6/c1-5-26(23-42-17-8-7-9-18-42)19-27(6-2)32-15-16-33-36(39-32)35(41-40-33)25(4)38-34-22-37-21-31(24(34)3)30-14-13-28-11-10-12-29(28)20-30/h5-6,13-16,19-22,38H,1,4,7-12,17-18,23H2,2-3H3,(H,40,41)/b26-19+,27-6+. The van der Waals surface area contributed by atoms with E-state index in [9.17, 15) is 0 Å². The normalized spacial score (nSPS) is 16.0. The number of nitrogens with zero attached hydrogens (tertiary/aromatic N) is 4. The number of hydrogen-bond donors (Lipinski definition) is 2. The molecule has 1 aromatic carbocycles. The van der Waals surface area contributed by atoms with Crippen molar-refractivity contribution < 1.29 is 0 Å². The minimum absolute atomic E-state index is 0.677. The molecule has 1 aliphatic heterocycles. The Hall–Kier alpha value is -4.29. The first-order chi connectivity index (χ1) is 20.5. The lowest BCUT2D eigenvalue weighted by Gasteiger charge is -2.26. The number of likely N-dealkylation sites (tertiary alicyclic amines) is 1. The van der Waals surface area contributed by atoms with Crippen LogP contribution in [-0.4, -0.2) is 44.7 Å². The molecule has 0 saturated carbocycles. The van der Waals surface area contributed by atoms with Crippen LogP contribution in [0.3, 0.4) is 0 Å². The van der Waals surface area contributed by atoms with Crippen LogP contribution in [0.1, 0.15) is 60.7 Å². The van der Waals surface area contributed by atoms with Crippen molar-refractivity contribution in [2.75, 3.05) is 25.0 Å². The first-order valence-electron chi connectivity index (χ1n) is 15.1. The number of aromatic amines is 1. The van der Waals surface area contributed by atoms with Gasteiger partial charge < -0.3 is 5.32 Å². The molecule has 1 aliphatic carbocycles. The van der Waals surface area contributed by atoms with Crippen molar-refractivity contribution in [3.05, 3.63) is 108 Å². The highest BCUT2D eigenvalue weighted by molar-refractivity contribution is 5.92. The maximum atomic E-state index is 5.05. The van der Waals surface area contributed by atoms with Crippen molar-refractivity contribution >= 4 is 28.0 Å². The zero-order valence-electron chi connectivity index (χ0n) is 24.8. The third kappa shape index (κ3) is 5.72. The summed E-state index contributed by atoms with van der Waals surface area (Å²) in [5, 5.41) is 11.2. The lowest BCUT2D eigenvalue weighted by Crippen LogP contribution is -2.31. The fraction of sp³-hybridized carbons (Fsp3) is 0.306. The molecule has 0 unspecified atom stereocenters. The fourth-order valence-electron chi connectivity index (χ4n) is 6.22. The number of hydrogen-bond acceptors (Lipinski definition) is 5. The number of rotatable bonds is 9. The van der Waals surface area contributed by atoms with Gasteiger partial charge in [-0.1, -0.05) is 49.9 Å². The molecule has 4 heterocycles. The summed E-state index contributed by atoms with van der Waals surface area (Å²) in [5.74, 6) is 0. The maximum absolute atomic E-state index is 5.05. The van der Waals surface area contributed by atoms with E-state index in [4.69, 9.17) is 4.98 Å². The molecule has 4 aromatic rings. The van der Waals surface area contributed by atoms with E-state index in [1.807, 2.05) is 30.6 Å². The molecule has 0 radical (unpaired) electrons. The molecule has 1 saturated heterocycles. The molecule has 0 bridgehead atoms. The number of H-pyrrole nitrogens is 1. The van der Waals surface area contributed by atoms with Crippen LogP contribution in [0.25, 0.3) is 33.4 Å². The largest absolute Gasteiger partial charge is 0.353 e. The van der Waals surface area contributed by atoms with Crippen molar-refractivity contribution in [2.45, 2.75) is 52.4 Å². The topological polar surface area (TPSA) is 69.7 Å². The number of aryl methyl sites for hydroxylation is 2. The van der Waals surface area contributed by atoms with Gasteiger partial charge in [-0.25, -0.2) is 4.98 Å². The van der Waals surface area contributed by atoms with Crippen LogP contribution in [0.5, 0.6) is 0 Å². The van der Waals surface area contributed by atoms with E-state index >= 15 is 0 Å². The Morgan fingerprint density at radius 3 is 2.69 bits per heavy atom. The summed E-state index contributed by atoms with van der Waals surface area (Å²) in [5.41, 5.74) is 13.5.